The Kier molecular flexibility index (Phi) is 7.05. The van der Waals surface area contributed by atoms with Crippen molar-refractivity contribution in [2.24, 2.45) is 18.7 Å². The summed E-state index contributed by atoms with van der Waals surface area (Å²) in [6.45, 7) is 3.24. The molecule has 1 saturated carbocycles. The highest BCUT2D eigenvalue weighted by Gasteiger charge is 2.30. The van der Waals surface area contributed by atoms with Gasteiger partial charge in [-0.1, -0.05) is 12.1 Å². The maximum absolute atomic E-state index is 13.3. The molecular weight excluding hydrogens is 561 g/mol. The quantitative estimate of drug-likeness (QED) is 0.258. The zero-order valence-electron chi connectivity index (χ0n) is 24.8. The van der Waals surface area contributed by atoms with E-state index in [4.69, 9.17) is 25.7 Å². The van der Waals surface area contributed by atoms with Crippen molar-refractivity contribution in [3.63, 3.8) is 0 Å². The summed E-state index contributed by atoms with van der Waals surface area (Å²) in [5.41, 5.74) is 10.7. The summed E-state index contributed by atoms with van der Waals surface area (Å²) in [5, 5.41) is 10.2. The molecule has 1 fully saturated rings. The Morgan fingerprint density at radius 1 is 1.25 bits per heavy atom. The molecule has 1 aliphatic heterocycles. The first-order chi connectivity index (χ1) is 21.3. The molecule has 1 aromatic carbocycles. The van der Waals surface area contributed by atoms with E-state index in [1.165, 1.54) is 12.8 Å². The first-order valence-corrected chi connectivity index (χ1v) is 15.0. The largest absolute Gasteiger partial charge is 0.489 e. The van der Waals surface area contributed by atoms with Crippen LogP contribution in [-0.2, 0) is 20.0 Å². The van der Waals surface area contributed by atoms with Crippen LogP contribution in [0.5, 0.6) is 5.75 Å². The predicted octanol–water partition coefficient (Wildman–Crippen LogP) is 4.00. The Bertz CT molecular complexity index is 1930. The third kappa shape index (κ3) is 4.97. The molecule has 11 nitrogen and oxygen atoms in total. The van der Waals surface area contributed by atoms with Crippen molar-refractivity contribution in [1.82, 2.24) is 33.6 Å². The van der Waals surface area contributed by atoms with E-state index in [0.717, 1.165) is 40.4 Å². The van der Waals surface area contributed by atoms with Crippen molar-refractivity contribution >= 4 is 28.0 Å². The Morgan fingerprint density at radius 3 is 2.84 bits per heavy atom. The lowest BCUT2D eigenvalue weighted by molar-refractivity contribution is 0.0723. The van der Waals surface area contributed by atoms with Gasteiger partial charge in [0.05, 0.1) is 40.9 Å². The molecule has 12 heteroatoms. The number of aryl methyl sites for hydroxylation is 1. The Morgan fingerprint density at radius 2 is 2.09 bits per heavy atom. The van der Waals surface area contributed by atoms with Gasteiger partial charge in [0, 0.05) is 44.7 Å². The average Bonchev–Trinajstić information content (AvgIpc) is 3.44. The van der Waals surface area contributed by atoms with Crippen LogP contribution >= 0.6 is 0 Å². The van der Waals surface area contributed by atoms with Crippen LogP contribution in [0.2, 0.25) is 0 Å². The van der Waals surface area contributed by atoms with Gasteiger partial charge in [-0.2, -0.15) is 5.26 Å². The molecule has 4 aromatic heterocycles. The molecule has 0 radical (unpaired) electrons. The average molecular weight is 596 g/mol. The molecular formula is C32H34FN9O2. The molecule has 2 aliphatic rings. The lowest BCUT2D eigenvalue weighted by Gasteiger charge is -2.29. The minimum Gasteiger partial charge on any atom is -0.489 e. The molecule has 226 valence electrons. The Balaban J connectivity index is 1.26. The van der Waals surface area contributed by atoms with E-state index in [1.54, 1.807) is 17.4 Å². The van der Waals surface area contributed by atoms with Gasteiger partial charge in [-0.25, -0.2) is 19.3 Å². The first-order valence-electron chi connectivity index (χ1n) is 15.0. The van der Waals surface area contributed by atoms with Gasteiger partial charge in [0.2, 0.25) is 0 Å². The van der Waals surface area contributed by atoms with E-state index >= 15 is 0 Å². The number of amides is 1. The number of ether oxygens (including phenoxy) is 1. The number of hydrogen-bond acceptors (Lipinski definition) is 7. The van der Waals surface area contributed by atoms with Crippen LogP contribution in [0.3, 0.4) is 0 Å². The molecule has 5 heterocycles. The summed E-state index contributed by atoms with van der Waals surface area (Å²) in [5.74, 6) is 1.95. The second kappa shape index (κ2) is 11.1. The number of hydrogen-bond donors (Lipinski definition) is 1. The van der Waals surface area contributed by atoms with E-state index in [9.17, 15) is 9.18 Å². The van der Waals surface area contributed by atoms with Gasteiger partial charge >= 0.3 is 0 Å². The highest BCUT2D eigenvalue weighted by molar-refractivity contribution is 5.99. The first kappa shape index (κ1) is 28.0. The number of carbonyl (C=O) groups is 1. The number of pyridine rings is 1. The van der Waals surface area contributed by atoms with Crippen LogP contribution in [-0.4, -0.2) is 71.9 Å². The zero-order valence-corrected chi connectivity index (χ0v) is 24.8. The van der Waals surface area contributed by atoms with Crippen LogP contribution in [0.4, 0.5) is 4.39 Å². The van der Waals surface area contributed by atoms with Gasteiger partial charge in [-0.3, -0.25) is 4.79 Å². The standard InChI is InChI=1S/C32H34FN9O2/c1-19(41-16-23(13-34)36-18-41)17-44-28-5-3-4-21-10-27(42(29(21)28)14-20-6-7-20)31-38-26-11-24-25(37-30(26)39(31)2)8-9-40(32(24)43)15-22(35)12-33/h3-5,10-11,16,18-20,22H,6-9,12,14-15,17,35H2,1-2H3/t19-,22-/m1/s1. The van der Waals surface area contributed by atoms with Gasteiger partial charge in [0.25, 0.3) is 5.91 Å². The highest BCUT2D eigenvalue weighted by Crippen LogP contribution is 2.39. The van der Waals surface area contributed by atoms with Gasteiger partial charge in [0.15, 0.2) is 17.2 Å². The van der Waals surface area contributed by atoms with Crippen LogP contribution < -0.4 is 10.5 Å². The van der Waals surface area contributed by atoms with E-state index in [1.807, 2.05) is 41.3 Å². The highest BCUT2D eigenvalue weighted by atomic mass is 19.1. The van der Waals surface area contributed by atoms with E-state index in [0.29, 0.717) is 47.9 Å². The molecule has 0 unspecified atom stereocenters. The molecule has 1 amide bonds. The number of benzene rings is 1. The summed E-state index contributed by atoms with van der Waals surface area (Å²) in [7, 11) is 1.96. The van der Waals surface area contributed by atoms with Crippen LogP contribution in [0.1, 0.15) is 47.6 Å². The summed E-state index contributed by atoms with van der Waals surface area (Å²) < 4.78 is 25.7. The van der Waals surface area contributed by atoms with Crippen molar-refractivity contribution in [2.75, 3.05) is 26.4 Å². The molecule has 2 atom stereocenters. The second-order valence-corrected chi connectivity index (χ2v) is 12.0. The van der Waals surface area contributed by atoms with E-state index in [-0.39, 0.29) is 18.5 Å². The number of para-hydroxylation sites is 1. The number of rotatable bonds is 10. The number of fused-ring (bicyclic) bond motifs is 3. The predicted molar refractivity (Wildman–Crippen MR) is 163 cm³/mol. The van der Waals surface area contributed by atoms with Gasteiger partial charge in [-0.15, -0.1) is 0 Å². The number of halogens is 1. The number of alkyl halides is 1. The summed E-state index contributed by atoms with van der Waals surface area (Å²) in [6, 6.07) is 11.4. The van der Waals surface area contributed by atoms with Crippen molar-refractivity contribution < 1.29 is 13.9 Å². The van der Waals surface area contributed by atoms with Crippen molar-refractivity contribution in [1.29, 1.82) is 5.26 Å². The molecule has 7 rings (SSSR count). The maximum atomic E-state index is 13.3. The monoisotopic (exact) mass is 595 g/mol. The fraction of sp³-hybridized carbons (Fsp3) is 0.406. The van der Waals surface area contributed by atoms with E-state index < -0.39 is 12.7 Å². The van der Waals surface area contributed by atoms with Gasteiger partial charge in [0.1, 0.15) is 30.6 Å². The number of nitrogens with zero attached hydrogens (tertiary/aromatic N) is 8. The lowest BCUT2D eigenvalue weighted by atomic mass is 10.0. The molecule has 2 N–H and O–H groups in total. The topological polar surface area (TPSA) is 133 Å². The Labute approximate surface area is 253 Å². The molecule has 1 aliphatic carbocycles. The number of nitriles is 1. The molecule has 0 bridgehead atoms. The Hall–Kier alpha value is -4.76. The van der Waals surface area contributed by atoms with Crippen LogP contribution in [0.25, 0.3) is 33.6 Å². The van der Waals surface area contributed by atoms with Gasteiger partial charge < -0.3 is 29.1 Å². The fourth-order valence-corrected chi connectivity index (χ4v) is 6.04. The second-order valence-electron chi connectivity index (χ2n) is 12.0. The SMILES string of the molecule is C[C@H](COc1cccc2cc(-c3nc4cc5c(nc4n3C)CCN(C[C@H](N)CF)C5=O)n(CC3CC3)c12)n1cnc(C#N)c1. The van der Waals surface area contributed by atoms with Crippen molar-refractivity contribution in [2.45, 2.75) is 44.8 Å². The number of aromatic nitrogens is 6. The normalized spacial score (nSPS) is 16.3. The van der Waals surface area contributed by atoms with Crippen molar-refractivity contribution in [3.05, 3.63) is 59.8 Å². The number of carbonyl (C=O) groups excluding carboxylic acids is 1. The third-order valence-corrected chi connectivity index (χ3v) is 8.67. The summed E-state index contributed by atoms with van der Waals surface area (Å²) in [6.07, 6.45) is 6.33. The zero-order chi connectivity index (χ0) is 30.5. The molecule has 0 saturated heterocycles. The molecule has 0 spiro atoms. The minimum atomic E-state index is -0.702. The molecule has 5 aromatic rings. The summed E-state index contributed by atoms with van der Waals surface area (Å²) >= 11 is 0. The van der Waals surface area contributed by atoms with Crippen LogP contribution in [0.15, 0.2) is 42.9 Å². The minimum absolute atomic E-state index is 0.0190. The number of nitrogens with two attached hydrogens (primary N) is 1. The summed E-state index contributed by atoms with van der Waals surface area (Å²) in [4.78, 5) is 28.9. The smallest absolute Gasteiger partial charge is 0.255 e. The third-order valence-electron chi connectivity index (χ3n) is 8.67. The molecule has 44 heavy (non-hydrogen) atoms. The van der Waals surface area contributed by atoms with Crippen LogP contribution in [0, 0.1) is 17.2 Å². The number of imidazole rings is 2. The van der Waals surface area contributed by atoms with Gasteiger partial charge in [-0.05, 0) is 43.9 Å². The fourth-order valence-electron chi connectivity index (χ4n) is 6.04. The van der Waals surface area contributed by atoms with Crippen molar-refractivity contribution in [3.8, 4) is 23.3 Å². The van der Waals surface area contributed by atoms with E-state index in [2.05, 4.69) is 27.8 Å². The maximum Gasteiger partial charge on any atom is 0.255 e. The lowest BCUT2D eigenvalue weighted by Crippen LogP contribution is -2.45.